The number of rotatable bonds is 7. The van der Waals surface area contributed by atoms with Crippen molar-refractivity contribution in [3.05, 3.63) is 35.4 Å². The van der Waals surface area contributed by atoms with E-state index in [9.17, 15) is 18.4 Å². The number of Topliss-reactive ketones (excluding diaryl/α,β-unsaturated/α-hetero) is 1. The van der Waals surface area contributed by atoms with Crippen LogP contribution in [0, 0.1) is 11.6 Å². The lowest BCUT2D eigenvalue weighted by molar-refractivity contribution is -0.121. The van der Waals surface area contributed by atoms with E-state index in [2.05, 4.69) is 5.32 Å². The zero-order valence-electron chi connectivity index (χ0n) is 11.6. The first-order chi connectivity index (χ1) is 9.43. The third kappa shape index (κ3) is 5.05. The summed E-state index contributed by atoms with van der Waals surface area (Å²) in [4.78, 5) is 24.8. The number of nitrogens with one attached hydrogen (secondary N) is 1. The Hall–Kier alpha value is -1.82. The average molecular weight is 284 g/mol. The summed E-state index contributed by atoms with van der Waals surface area (Å²) in [5, 5.41) is 2.67. The van der Waals surface area contributed by atoms with Gasteiger partial charge in [0.2, 0.25) is 5.91 Å². The second-order valence-electron chi connectivity index (χ2n) is 4.57. The molecular formula is C14H18F2N2O2. The fourth-order valence-corrected chi connectivity index (χ4v) is 1.66. The van der Waals surface area contributed by atoms with Crippen molar-refractivity contribution in [2.24, 2.45) is 0 Å². The van der Waals surface area contributed by atoms with Crippen molar-refractivity contribution in [3.8, 4) is 0 Å². The topological polar surface area (TPSA) is 49.4 Å². The predicted octanol–water partition coefficient (Wildman–Crippen LogP) is 1.61. The molecule has 0 heterocycles. The Morgan fingerprint density at radius 1 is 1.25 bits per heavy atom. The molecule has 1 aromatic rings. The Balaban J connectivity index is 2.57. The maximum atomic E-state index is 13.4. The Labute approximate surface area is 116 Å². The van der Waals surface area contributed by atoms with Gasteiger partial charge in [-0.15, -0.1) is 0 Å². The average Bonchev–Trinajstić information content (AvgIpc) is 2.38. The van der Waals surface area contributed by atoms with Gasteiger partial charge in [0.05, 0.1) is 18.7 Å². The molecule has 1 N–H and O–H groups in total. The van der Waals surface area contributed by atoms with Crippen molar-refractivity contribution in [1.82, 2.24) is 10.2 Å². The number of halogens is 2. The van der Waals surface area contributed by atoms with Gasteiger partial charge >= 0.3 is 0 Å². The highest BCUT2D eigenvalue weighted by Crippen LogP contribution is 2.10. The van der Waals surface area contributed by atoms with Gasteiger partial charge in [-0.3, -0.25) is 14.5 Å². The maximum absolute atomic E-state index is 13.4. The minimum absolute atomic E-state index is 0.0304. The second kappa shape index (κ2) is 7.69. The quantitative estimate of drug-likeness (QED) is 0.774. The minimum atomic E-state index is -0.764. The highest BCUT2D eigenvalue weighted by atomic mass is 19.1. The number of carbonyl (C=O) groups excluding carboxylic acids is 2. The van der Waals surface area contributed by atoms with Crippen LogP contribution >= 0.6 is 0 Å². The van der Waals surface area contributed by atoms with Gasteiger partial charge in [0.25, 0.3) is 0 Å². The van der Waals surface area contributed by atoms with Gasteiger partial charge in [-0.1, -0.05) is 6.92 Å². The van der Waals surface area contributed by atoms with Gasteiger partial charge in [-0.05, 0) is 31.7 Å². The molecule has 20 heavy (non-hydrogen) atoms. The molecule has 1 aromatic carbocycles. The minimum Gasteiger partial charge on any atom is -0.355 e. The van der Waals surface area contributed by atoms with Crippen LogP contribution in [0.5, 0.6) is 0 Å². The van der Waals surface area contributed by atoms with Crippen molar-refractivity contribution >= 4 is 11.7 Å². The van der Waals surface area contributed by atoms with Crippen LogP contribution in [-0.2, 0) is 4.79 Å². The number of amides is 1. The van der Waals surface area contributed by atoms with E-state index in [4.69, 9.17) is 0 Å². The molecule has 0 unspecified atom stereocenters. The van der Waals surface area contributed by atoms with Gasteiger partial charge in [0, 0.05) is 6.54 Å². The largest absolute Gasteiger partial charge is 0.355 e. The third-order valence-corrected chi connectivity index (χ3v) is 2.63. The molecule has 0 saturated heterocycles. The number of hydrogen-bond acceptors (Lipinski definition) is 3. The number of carbonyl (C=O) groups is 2. The van der Waals surface area contributed by atoms with Crippen molar-refractivity contribution in [1.29, 1.82) is 0 Å². The van der Waals surface area contributed by atoms with Crippen molar-refractivity contribution in [2.75, 3.05) is 26.7 Å². The number of hydrogen-bond donors (Lipinski definition) is 1. The molecule has 0 aliphatic rings. The lowest BCUT2D eigenvalue weighted by Gasteiger charge is -2.15. The molecule has 0 radical (unpaired) electrons. The standard InChI is InChI=1S/C14H18F2N2O2/c1-3-6-17-14(20)9-18(2)8-13(19)11-7-10(15)4-5-12(11)16/h4-5,7H,3,6,8-9H2,1-2H3,(H,17,20). The Morgan fingerprint density at radius 3 is 2.60 bits per heavy atom. The summed E-state index contributed by atoms with van der Waals surface area (Å²) in [5.74, 6) is -2.20. The van der Waals surface area contributed by atoms with Crippen LogP contribution in [-0.4, -0.2) is 43.3 Å². The molecule has 1 rings (SSSR count). The summed E-state index contributed by atoms with van der Waals surface area (Å²) in [6.45, 7) is 2.38. The normalized spacial score (nSPS) is 10.7. The summed E-state index contributed by atoms with van der Waals surface area (Å²) >= 11 is 0. The van der Waals surface area contributed by atoms with E-state index in [0.29, 0.717) is 6.54 Å². The lowest BCUT2D eigenvalue weighted by Crippen LogP contribution is -2.37. The third-order valence-electron chi connectivity index (χ3n) is 2.63. The van der Waals surface area contributed by atoms with Crippen LogP contribution in [0.3, 0.4) is 0 Å². The summed E-state index contributed by atoms with van der Waals surface area (Å²) < 4.78 is 26.4. The van der Waals surface area contributed by atoms with E-state index in [1.807, 2.05) is 6.92 Å². The Kier molecular flexibility index (Phi) is 6.24. The van der Waals surface area contributed by atoms with Crippen LogP contribution in [0.4, 0.5) is 8.78 Å². The van der Waals surface area contributed by atoms with Crippen molar-refractivity contribution in [3.63, 3.8) is 0 Å². The summed E-state index contributed by atoms with van der Waals surface area (Å²) in [6, 6.07) is 2.73. The molecule has 0 fully saturated rings. The first-order valence-electron chi connectivity index (χ1n) is 6.37. The van der Waals surface area contributed by atoms with E-state index in [0.717, 1.165) is 24.6 Å². The predicted molar refractivity (Wildman–Crippen MR) is 71.5 cm³/mol. The number of benzene rings is 1. The van der Waals surface area contributed by atoms with Gasteiger partial charge in [0.15, 0.2) is 5.78 Å². The zero-order valence-corrected chi connectivity index (χ0v) is 11.6. The molecular weight excluding hydrogens is 266 g/mol. The van der Waals surface area contributed by atoms with Crippen LogP contribution in [0.2, 0.25) is 0 Å². The van der Waals surface area contributed by atoms with Crippen LogP contribution in [0.15, 0.2) is 18.2 Å². The fourth-order valence-electron chi connectivity index (χ4n) is 1.66. The van der Waals surface area contributed by atoms with Crippen molar-refractivity contribution in [2.45, 2.75) is 13.3 Å². The molecule has 0 saturated carbocycles. The second-order valence-corrected chi connectivity index (χ2v) is 4.57. The summed E-state index contributed by atoms with van der Waals surface area (Å²) in [5.41, 5.74) is -0.300. The highest BCUT2D eigenvalue weighted by Gasteiger charge is 2.16. The maximum Gasteiger partial charge on any atom is 0.234 e. The first-order valence-corrected chi connectivity index (χ1v) is 6.37. The zero-order chi connectivity index (χ0) is 15.1. The molecule has 0 bridgehead atoms. The monoisotopic (exact) mass is 284 g/mol. The summed E-state index contributed by atoms with van der Waals surface area (Å²) in [7, 11) is 1.57. The van der Waals surface area contributed by atoms with E-state index in [1.165, 1.54) is 4.90 Å². The Morgan fingerprint density at radius 2 is 1.95 bits per heavy atom. The number of nitrogens with zero attached hydrogens (tertiary/aromatic N) is 1. The van der Waals surface area contributed by atoms with Crippen molar-refractivity contribution < 1.29 is 18.4 Å². The van der Waals surface area contributed by atoms with Gasteiger partial charge in [0.1, 0.15) is 11.6 Å². The molecule has 1 amide bonds. The van der Waals surface area contributed by atoms with Gasteiger partial charge < -0.3 is 5.32 Å². The van der Waals surface area contributed by atoms with E-state index in [-0.39, 0.29) is 24.6 Å². The van der Waals surface area contributed by atoms with E-state index >= 15 is 0 Å². The van der Waals surface area contributed by atoms with Gasteiger partial charge in [-0.25, -0.2) is 8.78 Å². The number of ketones is 1. The molecule has 6 heteroatoms. The van der Waals surface area contributed by atoms with Gasteiger partial charge in [-0.2, -0.15) is 0 Å². The molecule has 0 aliphatic carbocycles. The molecule has 4 nitrogen and oxygen atoms in total. The fraction of sp³-hybridized carbons (Fsp3) is 0.429. The first kappa shape index (κ1) is 16.2. The highest BCUT2D eigenvalue weighted by molar-refractivity contribution is 5.98. The van der Waals surface area contributed by atoms with E-state index in [1.54, 1.807) is 7.05 Å². The van der Waals surface area contributed by atoms with Crippen LogP contribution in [0.1, 0.15) is 23.7 Å². The van der Waals surface area contributed by atoms with Crippen LogP contribution < -0.4 is 5.32 Å². The van der Waals surface area contributed by atoms with E-state index < -0.39 is 17.4 Å². The SMILES string of the molecule is CCCNC(=O)CN(C)CC(=O)c1cc(F)ccc1F. The van der Waals surface area contributed by atoms with Crippen LogP contribution in [0.25, 0.3) is 0 Å². The molecule has 110 valence electrons. The smallest absolute Gasteiger partial charge is 0.234 e. The summed E-state index contributed by atoms with van der Waals surface area (Å²) in [6.07, 6.45) is 0.822. The molecule has 0 spiro atoms. The molecule has 0 atom stereocenters. The molecule has 0 aromatic heterocycles. The number of likely N-dealkylation sites (N-methyl/N-ethyl adjacent to an activating group) is 1. The lowest BCUT2D eigenvalue weighted by atomic mass is 10.1. The molecule has 0 aliphatic heterocycles. The Bertz CT molecular complexity index is 492.